The maximum absolute atomic E-state index is 8.77. The molecule has 2 aromatic heterocycles. The van der Waals surface area contributed by atoms with Crippen LogP contribution in [-0.2, 0) is 6.54 Å². The lowest BCUT2D eigenvalue weighted by atomic mass is 10.4. The normalized spacial score (nSPS) is 9.94. The molecule has 0 aliphatic heterocycles. The summed E-state index contributed by atoms with van der Waals surface area (Å²) < 4.78 is 1.08. The van der Waals surface area contributed by atoms with E-state index in [1.165, 1.54) is 4.88 Å². The molecule has 2 heterocycles. The molecule has 0 aromatic carbocycles. The van der Waals surface area contributed by atoms with Gasteiger partial charge in [0.25, 0.3) is 0 Å². The van der Waals surface area contributed by atoms with Crippen LogP contribution >= 0.6 is 27.3 Å². The fourth-order valence-corrected chi connectivity index (χ4v) is 2.84. The molecule has 4 nitrogen and oxygen atoms in total. The van der Waals surface area contributed by atoms with Crippen molar-refractivity contribution in [3.63, 3.8) is 0 Å². The number of hydrogen-bond acceptors (Lipinski definition) is 5. The van der Waals surface area contributed by atoms with Gasteiger partial charge in [0.2, 0.25) is 5.95 Å². The van der Waals surface area contributed by atoms with Gasteiger partial charge in [-0.3, -0.25) is 0 Å². The van der Waals surface area contributed by atoms with Gasteiger partial charge in [0.05, 0.1) is 6.54 Å². The maximum atomic E-state index is 8.77. The Bertz CT molecular complexity index is 561. The third-order valence-corrected chi connectivity index (χ3v) is 3.80. The summed E-state index contributed by atoms with van der Waals surface area (Å²) in [4.78, 5) is 11.4. The lowest BCUT2D eigenvalue weighted by Crippen LogP contribution is -2.18. The van der Waals surface area contributed by atoms with Gasteiger partial charge in [0.1, 0.15) is 11.8 Å². The summed E-state index contributed by atoms with van der Waals surface area (Å²) in [5.41, 5.74) is 0.384. The number of rotatable bonds is 3. The van der Waals surface area contributed by atoms with Crippen LogP contribution < -0.4 is 4.90 Å². The standard InChI is InChI=1S/C11H9BrN4S/c1-16(6-10-4-8(12)7-17-10)11-14-3-2-9(5-13)15-11/h2-4,7H,6H2,1H3. The molecule has 2 rings (SSSR count). The molecule has 0 aliphatic carbocycles. The fraction of sp³-hybridized carbons (Fsp3) is 0.182. The van der Waals surface area contributed by atoms with Crippen LogP contribution in [0.15, 0.2) is 28.2 Å². The maximum Gasteiger partial charge on any atom is 0.226 e. The lowest BCUT2D eigenvalue weighted by molar-refractivity contribution is 0.875. The highest BCUT2D eigenvalue weighted by molar-refractivity contribution is 9.10. The molecule has 0 unspecified atom stereocenters. The monoisotopic (exact) mass is 308 g/mol. The lowest BCUT2D eigenvalue weighted by Gasteiger charge is -2.15. The summed E-state index contributed by atoms with van der Waals surface area (Å²) in [6, 6.07) is 5.67. The van der Waals surface area contributed by atoms with Gasteiger partial charge in [-0.15, -0.1) is 11.3 Å². The predicted octanol–water partition coefficient (Wildman–Crippen LogP) is 2.81. The molecule has 0 spiro atoms. The molecule has 2 aromatic rings. The third kappa shape index (κ3) is 3.02. The first-order valence-electron chi connectivity index (χ1n) is 4.86. The van der Waals surface area contributed by atoms with Gasteiger partial charge < -0.3 is 4.90 Å². The molecule has 0 N–H and O–H groups in total. The number of halogens is 1. The Kier molecular flexibility index (Phi) is 3.71. The zero-order valence-electron chi connectivity index (χ0n) is 9.09. The average Bonchev–Trinajstić information content (AvgIpc) is 2.75. The largest absolute Gasteiger partial charge is 0.339 e. The summed E-state index contributed by atoms with van der Waals surface area (Å²) in [6.45, 7) is 0.727. The molecule has 0 aliphatic rings. The first kappa shape index (κ1) is 12.0. The van der Waals surface area contributed by atoms with E-state index >= 15 is 0 Å². The van der Waals surface area contributed by atoms with E-state index in [0.29, 0.717) is 11.6 Å². The Morgan fingerprint density at radius 1 is 1.59 bits per heavy atom. The van der Waals surface area contributed by atoms with Crippen molar-refractivity contribution >= 4 is 33.2 Å². The Hall–Kier alpha value is -1.45. The Labute approximate surface area is 112 Å². The summed E-state index contributed by atoms with van der Waals surface area (Å²) >= 11 is 5.09. The molecule has 0 fully saturated rings. The summed E-state index contributed by atoms with van der Waals surface area (Å²) in [6.07, 6.45) is 1.60. The van der Waals surface area contributed by atoms with Gasteiger partial charge in [0, 0.05) is 28.0 Å². The van der Waals surface area contributed by atoms with Crippen LogP contribution in [0.25, 0.3) is 0 Å². The van der Waals surface area contributed by atoms with Crippen LogP contribution in [0, 0.1) is 11.3 Å². The van der Waals surface area contributed by atoms with E-state index in [1.54, 1.807) is 23.6 Å². The smallest absolute Gasteiger partial charge is 0.226 e. The minimum atomic E-state index is 0.384. The van der Waals surface area contributed by atoms with E-state index in [1.807, 2.05) is 23.4 Å². The van der Waals surface area contributed by atoms with Gasteiger partial charge in [-0.25, -0.2) is 9.97 Å². The molecule has 0 bridgehead atoms. The van der Waals surface area contributed by atoms with Crippen molar-refractivity contribution in [2.75, 3.05) is 11.9 Å². The van der Waals surface area contributed by atoms with E-state index in [4.69, 9.17) is 5.26 Å². The second-order valence-corrected chi connectivity index (χ2v) is 5.35. The van der Waals surface area contributed by atoms with E-state index in [2.05, 4.69) is 32.0 Å². The highest BCUT2D eigenvalue weighted by Crippen LogP contribution is 2.21. The van der Waals surface area contributed by atoms with Crippen LogP contribution in [-0.4, -0.2) is 17.0 Å². The van der Waals surface area contributed by atoms with E-state index in [0.717, 1.165) is 11.0 Å². The van der Waals surface area contributed by atoms with Crippen molar-refractivity contribution in [1.82, 2.24) is 9.97 Å². The molecule has 0 radical (unpaired) electrons. The summed E-state index contributed by atoms with van der Waals surface area (Å²) in [5, 5.41) is 10.8. The van der Waals surface area contributed by atoms with Gasteiger partial charge in [0.15, 0.2) is 0 Å². The second kappa shape index (κ2) is 5.25. The van der Waals surface area contributed by atoms with Gasteiger partial charge in [-0.2, -0.15) is 5.26 Å². The molecular weight excluding hydrogens is 300 g/mol. The second-order valence-electron chi connectivity index (χ2n) is 3.44. The van der Waals surface area contributed by atoms with Crippen molar-refractivity contribution in [1.29, 1.82) is 5.26 Å². The third-order valence-electron chi connectivity index (χ3n) is 2.11. The Balaban J connectivity index is 2.14. The quantitative estimate of drug-likeness (QED) is 0.875. The fourth-order valence-electron chi connectivity index (χ4n) is 1.34. The molecule has 6 heteroatoms. The van der Waals surface area contributed by atoms with Crippen molar-refractivity contribution in [2.45, 2.75) is 6.54 Å². The van der Waals surface area contributed by atoms with Gasteiger partial charge in [-0.1, -0.05) is 0 Å². The van der Waals surface area contributed by atoms with Crippen LogP contribution in [0.5, 0.6) is 0 Å². The van der Waals surface area contributed by atoms with E-state index in [9.17, 15) is 0 Å². The minimum Gasteiger partial charge on any atom is -0.339 e. The zero-order valence-corrected chi connectivity index (χ0v) is 11.5. The summed E-state index contributed by atoms with van der Waals surface area (Å²) in [7, 11) is 1.91. The molecule has 0 amide bonds. The van der Waals surface area contributed by atoms with Gasteiger partial charge >= 0.3 is 0 Å². The molecule has 86 valence electrons. The number of thiophene rings is 1. The highest BCUT2D eigenvalue weighted by atomic mass is 79.9. The van der Waals surface area contributed by atoms with Crippen molar-refractivity contribution in [2.24, 2.45) is 0 Å². The van der Waals surface area contributed by atoms with E-state index < -0.39 is 0 Å². The topological polar surface area (TPSA) is 52.8 Å². The number of nitrogens with zero attached hydrogens (tertiary/aromatic N) is 4. The Morgan fingerprint density at radius 3 is 3.06 bits per heavy atom. The van der Waals surface area contributed by atoms with Crippen LogP contribution in [0.4, 0.5) is 5.95 Å². The average molecular weight is 309 g/mol. The molecule has 17 heavy (non-hydrogen) atoms. The number of aromatic nitrogens is 2. The van der Waals surface area contributed by atoms with E-state index in [-0.39, 0.29) is 0 Å². The van der Waals surface area contributed by atoms with Crippen LogP contribution in [0.1, 0.15) is 10.6 Å². The highest BCUT2D eigenvalue weighted by Gasteiger charge is 2.07. The Morgan fingerprint density at radius 2 is 2.41 bits per heavy atom. The molecular formula is C11H9BrN4S. The SMILES string of the molecule is CN(Cc1cc(Br)cs1)c1nccc(C#N)n1. The summed E-state index contributed by atoms with van der Waals surface area (Å²) in [5.74, 6) is 0.563. The number of hydrogen-bond donors (Lipinski definition) is 0. The van der Waals surface area contributed by atoms with Crippen molar-refractivity contribution in [3.8, 4) is 6.07 Å². The van der Waals surface area contributed by atoms with Crippen molar-refractivity contribution < 1.29 is 0 Å². The first-order chi connectivity index (χ1) is 8.19. The van der Waals surface area contributed by atoms with Crippen molar-refractivity contribution in [3.05, 3.63) is 38.8 Å². The number of nitriles is 1. The van der Waals surface area contributed by atoms with Crippen LogP contribution in [0.2, 0.25) is 0 Å². The minimum absolute atomic E-state index is 0.384. The van der Waals surface area contributed by atoms with Crippen LogP contribution in [0.3, 0.4) is 0 Å². The first-order valence-corrected chi connectivity index (χ1v) is 6.53. The predicted molar refractivity (Wildman–Crippen MR) is 70.9 cm³/mol. The van der Waals surface area contributed by atoms with Gasteiger partial charge in [-0.05, 0) is 28.1 Å². The molecule has 0 saturated heterocycles. The molecule has 0 saturated carbocycles. The zero-order chi connectivity index (χ0) is 12.3. The molecule has 0 atom stereocenters. The number of anilines is 1.